The molecule has 3 fully saturated rings. The van der Waals surface area contributed by atoms with Gasteiger partial charge in [0, 0.05) is 56.9 Å². The van der Waals surface area contributed by atoms with Crippen molar-refractivity contribution in [3.05, 3.63) is 64.7 Å². The number of aryl methyl sites for hydroxylation is 2. The Morgan fingerprint density at radius 3 is 2.30 bits per heavy atom. The van der Waals surface area contributed by atoms with E-state index in [1.54, 1.807) is 5.06 Å². The van der Waals surface area contributed by atoms with Crippen molar-refractivity contribution in [2.75, 3.05) is 51.1 Å². The number of carbonyl (C=O) groups is 3. The molecule has 6 rings (SSSR count). The van der Waals surface area contributed by atoms with Crippen molar-refractivity contribution in [3.63, 3.8) is 0 Å². The van der Waals surface area contributed by atoms with Crippen LogP contribution in [0.25, 0.3) is 0 Å². The van der Waals surface area contributed by atoms with E-state index in [0.29, 0.717) is 58.0 Å². The number of benzene rings is 2. The molecule has 1 atom stereocenters. The van der Waals surface area contributed by atoms with Crippen molar-refractivity contribution in [1.82, 2.24) is 25.1 Å². The molecule has 0 aromatic heterocycles. The summed E-state index contributed by atoms with van der Waals surface area (Å²) >= 11 is 0. The molecule has 2 aromatic carbocycles. The van der Waals surface area contributed by atoms with Crippen molar-refractivity contribution in [2.45, 2.75) is 89.8 Å². The number of anilines is 1. The predicted molar refractivity (Wildman–Crippen MR) is 179 cm³/mol. The van der Waals surface area contributed by atoms with Gasteiger partial charge in [-0.05, 0) is 92.8 Å². The smallest absolute Gasteiger partial charge is 0.351 e. The molecule has 10 nitrogen and oxygen atoms in total. The number of amides is 4. The fourth-order valence-corrected chi connectivity index (χ4v) is 7.56. The quantitative estimate of drug-likeness (QED) is 0.420. The number of nitrogens with zero attached hydrogens (tertiary/aromatic N) is 4. The molecule has 0 bridgehead atoms. The normalized spacial score (nSPS) is 20.7. The largest absolute Gasteiger partial charge is 0.426 e. The molecule has 0 radical (unpaired) electrons. The second-order valence-corrected chi connectivity index (χ2v) is 13.2. The summed E-state index contributed by atoms with van der Waals surface area (Å²) in [5, 5.41) is 7.68. The Morgan fingerprint density at radius 1 is 0.891 bits per heavy atom. The van der Waals surface area contributed by atoms with Gasteiger partial charge in [-0.2, -0.15) is 0 Å². The maximum Gasteiger partial charge on any atom is 0.426 e. The molecular formula is C36H50N6O4. The number of hydroxylamine groups is 2. The number of piperidine rings is 2. The maximum absolute atomic E-state index is 13.9. The SMILES string of the molecule is CCc1ccc(C[C@@H](NC(=O)ON2CCC(N3CCc4ccccc4NC3=O)CC2)C(=O)N2CCC(N3CCC3)CC2)cc1CC. The summed E-state index contributed by atoms with van der Waals surface area (Å²) in [4.78, 5) is 52.4. The highest BCUT2D eigenvalue weighted by Crippen LogP contribution is 2.26. The zero-order valence-corrected chi connectivity index (χ0v) is 27.5. The van der Waals surface area contributed by atoms with Crippen LogP contribution in [0.3, 0.4) is 0 Å². The fraction of sp³-hybridized carbons (Fsp3) is 0.583. The molecule has 4 amide bonds. The standard InChI is InChI=1S/C36H50N6O4/c1-3-27-11-10-26(24-28(27)4-2)25-33(34(43)40-19-13-30(14-20-40)39-17-7-18-39)38-36(45)46-41-21-15-31(16-22-41)42-23-12-29-8-5-6-9-32(29)37-35(42)44/h5-6,8-11,24,30-31,33H,3-4,7,12-23,25H2,1-2H3,(H,37,44)(H,38,45)/t33-/m1/s1. The molecule has 10 heteroatoms. The number of hydrogen-bond acceptors (Lipinski definition) is 6. The number of urea groups is 1. The van der Waals surface area contributed by atoms with Gasteiger partial charge in [-0.3, -0.25) is 4.79 Å². The topological polar surface area (TPSA) is 97.5 Å². The number of carbonyl (C=O) groups excluding carboxylic acids is 3. The van der Waals surface area contributed by atoms with Gasteiger partial charge in [0.05, 0.1) is 0 Å². The van der Waals surface area contributed by atoms with E-state index in [4.69, 9.17) is 4.84 Å². The predicted octanol–water partition coefficient (Wildman–Crippen LogP) is 4.62. The van der Waals surface area contributed by atoms with E-state index in [-0.39, 0.29) is 18.0 Å². The first-order chi connectivity index (χ1) is 22.4. The Labute approximate surface area is 273 Å². The lowest BCUT2D eigenvalue weighted by Gasteiger charge is -2.43. The van der Waals surface area contributed by atoms with Crippen LogP contribution in [-0.4, -0.2) is 102 Å². The Balaban J connectivity index is 1.05. The van der Waals surface area contributed by atoms with E-state index in [1.165, 1.54) is 30.6 Å². The molecule has 0 saturated carbocycles. The van der Waals surface area contributed by atoms with Crippen LogP contribution in [-0.2, 0) is 35.3 Å². The van der Waals surface area contributed by atoms with Crippen LogP contribution in [0.15, 0.2) is 42.5 Å². The summed E-state index contributed by atoms with van der Waals surface area (Å²) in [5.74, 6) is -0.0384. The molecule has 4 heterocycles. The summed E-state index contributed by atoms with van der Waals surface area (Å²) < 4.78 is 0. The second kappa shape index (κ2) is 14.9. The number of para-hydroxylation sites is 1. The highest BCUT2D eigenvalue weighted by Gasteiger charge is 2.35. The highest BCUT2D eigenvalue weighted by atomic mass is 16.7. The third-order valence-electron chi connectivity index (χ3n) is 10.5. The van der Waals surface area contributed by atoms with Crippen molar-refractivity contribution >= 4 is 23.7 Å². The third kappa shape index (κ3) is 7.50. The first-order valence-corrected chi connectivity index (χ1v) is 17.4. The first-order valence-electron chi connectivity index (χ1n) is 17.4. The summed E-state index contributed by atoms with van der Waals surface area (Å²) in [6, 6.07) is 14.2. The molecule has 46 heavy (non-hydrogen) atoms. The number of likely N-dealkylation sites (tertiary alicyclic amines) is 2. The molecule has 2 aromatic rings. The van der Waals surface area contributed by atoms with Crippen molar-refractivity contribution < 1.29 is 19.2 Å². The van der Waals surface area contributed by atoms with E-state index in [2.05, 4.69) is 53.6 Å². The van der Waals surface area contributed by atoms with Crippen molar-refractivity contribution in [2.24, 2.45) is 0 Å². The van der Waals surface area contributed by atoms with Crippen molar-refractivity contribution in [1.29, 1.82) is 0 Å². The molecule has 248 valence electrons. The lowest BCUT2D eigenvalue weighted by Crippen LogP contribution is -2.56. The first kappa shape index (κ1) is 32.3. The molecular weight excluding hydrogens is 580 g/mol. The van der Waals surface area contributed by atoms with Gasteiger partial charge in [0.15, 0.2) is 0 Å². The van der Waals surface area contributed by atoms with Crippen LogP contribution in [0.1, 0.15) is 68.2 Å². The number of nitrogens with one attached hydrogen (secondary N) is 2. The van der Waals surface area contributed by atoms with Gasteiger partial charge in [-0.25, -0.2) is 9.59 Å². The minimum absolute atomic E-state index is 0.0384. The van der Waals surface area contributed by atoms with Crippen LogP contribution in [0, 0.1) is 0 Å². The van der Waals surface area contributed by atoms with Gasteiger partial charge in [0.25, 0.3) is 0 Å². The van der Waals surface area contributed by atoms with E-state index < -0.39 is 12.1 Å². The highest BCUT2D eigenvalue weighted by molar-refractivity contribution is 5.91. The lowest BCUT2D eigenvalue weighted by atomic mass is 9.95. The number of fused-ring (bicyclic) bond motifs is 1. The second-order valence-electron chi connectivity index (χ2n) is 13.2. The van der Waals surface area contributed by atoms with E-state index in [9.17, 15) is 14.4 Å². The van der Waals surface area contributed by atoms with Crippen LogP contribution in [0.4, 0.5) is 15.3 Å². The van der Waals surface area contributed by atoms with Crippen LogP contribution < -0.4 is 10.6 Å². The summed E-state index contributed by atoms with van der Waals surface area (Å²) in [5.41, 5.74) is 5.67. The zero-order valence-electron chi connectivity index (χ0n) is 27.5. The molecule has 0 unspecified atom stereocenters. The van der Waals surface area contributed by atoms with Gasteiger partial charge in [-0.1, -0.05) is 50.2 Å². The lowest BCUT2D eigenvalue weighted by molar-refractivity contribution is -0.137. The Hall–Kier alpha value is -3.63. The average molecular weight is 631 g/mol. The van der Waals surface area contributed by atoms with Crippen LogP contribution in [0.5, 0.6) is 0 Å². The van der Waals surface area contributed by atoms with E-state index in [0.717, 1.165) is 48.9 Å². The van der Waals surface area contributed by atoms with E-state index in [1.807, 2.05) is 28.0 Å². The van der Waals surface area contributed by atoms with E-state index >= 15 is 0 Å². The third-order valence-corrected chi connectivity index (χ3v) is 10.5. The monoisotopic (exact) mass is 630 g/mol. The van der Waals surface area contributed by atoms with Gasteiger partial charge in [-0.15, -0.1) is 5.06 Å². The number of hydrogen-bond donors (Lipinski definition) is 2. The summed E-state index contributed by atoms with van der Waals surface area (Å²) in [6.45, 7) is 9.78. The Morgan fingerprint density at radius 2 is 1.61 bits per heavy atom. The zero-order chi connectivity index (χ0) is 32.0. The van der Waals surface area contributed by atoms with Crippen LogP contribution in [0.2, 0.25) is 0 Å². The summed E-state index contributed by atoms with van der Waals surface area (Å²) in [6.07, 6.45) is 7.15. The Bertz CT molecular complexity index is 1380. The molecule has 0 aliphatic carbocycles. The fourth-order valence-electron chi connectivity index (χ4n) is 7.56. The maximum atomic E-state index is 13.9. The molecule has 3 saturated heterocycles. The molecule has 0 spiro atoms. The van der Waals surface area contributed by atoms with Gasteiger partial charge in [0.2, 0.25) is 5.91 Å². The average Bonchev–Trinajstić information content (AvgIpc) is 3.22. The number of rotatable bonds is 9. The van der Waals surface area contributed by atoms with Gasteiger partial charge in [0.1, 0.15) is 6.04 Å². The molecule has 4 aliphatic rings. The molecule has 4 aliphatic heterocycles. The van der Waals surface area contributed by atoms with Crippen LogP contribution >= 0.6 is 0 Å². The van der Waals surface area contributed by atoms with Gasteiger partial charge < -0.3 is 30.2 Å². The minimum Gasteiger partial charge on any atom is -0.351 e. The molecule has 2 N–H and O–H groups in total. The Kier molecular flexibility index (Phi) is 10.4. The van der Waals surface area contributed by atoms with Gasteiger partial charge >= 0.3 is 12.1 Å². The summed E-state index contributed by atoms with van der Waals surface area (Å²) in [7, 11) is 0. The van der Waals surface area contributed by atoms with Crippen molar-refractivity contribution in [3.8, 4) is 0 Å². The minimum atomic E-state index is -0.704.